The number of benzene rings is 1. The van der Waals surface area contributed by atoms with Gasteiger partial charge in [-0.25, -0.2) is 9.18 Å². The summed E-state index contributed by atoms with van der Waals surface area (Å²) in [7, 11) is 0. The van der Waals surface area contributed by atoms with Gasteiger partial charge in [-0.3, -0.25) is 4.79 Å². The van der Waals surface area contributed by atoms with Crippen molar-refractivity contribution in [2.45, 2.75) is 97.3 Å². The molecule has 1 aliphatic heterocycles. The van der Waals surface area contributed by atoms with Crippen molar-refractivity contribution in [1.82, 2.24) is 0 Å². The van der Waals surface area contributed by atoms with Crippen molar-refractivity contribution < 1.29 is 18.3 Å². The quantitative estimate of drug-likeness (QED) is 0.202. The zero-order valence-corrected chi connectivity index (χ0v) is 23.7. The van der Waals surface area contributed by atoms with Gasteiger partial charge in [0.2, 0.25) is 0 Å². The van der Waals surface area contributed by atoms with Crippen LogP contribution in [0.2, 0.25) is 0 Å². The molecule has 4 nitrogen and oxygen atoms in total. The highest BCUT2D eigenvalue weighted by Gasteiger charge is 2.44. The Morgan fingerprint density at radius 2 is 1.61 bits per heavy atom. The van der Waals surface area contributed by atoms with E-state index in [2.05, 4.69) is 43.4 Å². The van der Waals surface area contributed by atoms with Crippen LogP contribution in [0.5, 0.6) is 5.75 Å². The van der Waals surface area contributed by atoms with Gasteiger partial charge in [0.25, 0.3) is 0 Å². The summed E-state index contributed by atoms with van der Waals surface area (Å²) in [5.41, 5.74) is 0.842. The van der Waals surface area contributed by atoms with Crippen LogP contribution in [0, 0.1) is 14.8 Å². The molecule has 0 radical (unpaired) electrons. The summed E-state index contributed by atoms with van der Waals surface area (Å²) in [5.74, 6) is 0.764. The SMILES string of the molecule is CCCCCCCCCCc1oc(=O)c2c(c1I)OC1=C(C(=O)CC(C)(C)C1)C2c1ccc(F)cc1. The van der Waals surface area contributed by atoms with Crippen LogP contribution in [-0.4, -0.2) is 5.78 Å². The molecular formula is C30H36FIO4. The fourth-order valence-electron chi connectivity index (χ4n) is 5.43. The summed E-state index contributed by atoms with van der Waals surface area (Å²) in [6, 6.07) is 6.03. The normalized spacial score (nSPS) is 18.6. The molecule has 0 spiro atoms. The fraction of sp³-hybridized carbons (Fsp3) is 0.533. The van der Waals surface area contributed by atoms with Gasteiger partial charge in [-0.05, 0) is 52.1 Å². The van der Waals surface area contributed by atoms with E-state index < -0.39 is 11.5 Å². The average molecular weight is 607 g/mol. The van der Waals surface area contributed by atoms with E-state index in [4.69, 9.17) is 9.15 Å². The van der Waals surface area contributed by atoms with Gasteiger partial charge < -0.3 is 9.15 Å². The number of hydrogen-bond donors (Lipinski definition) is 0. The van der Waals surface area contributed by atoms with Crippen molar-refractivity contribution in [3.05, 3.63) is 72.3 Å². The Morgan fingerprint density at radius 1 is 0.972 bits per heavy atom. The third-order valence-corrected chi connectivity index (χ3v) is 8.36. The number of fused-ring (bicyclic) bond motifs is 1. The van der Waals surface area contributed by atoms with Crippen molar-refractivity contribution in [2.75, 3.05) is 0 Å². The molecule has 1 aromatic carbocycles. The second-order valence-electron chi connectivity index (χ2n) is 11.0. The molecule has 0 fully saturated rings. The minimum atomic E-state index is -0.616. The zero-order valence-electron chi connectivity index (χ0n) is 21.6. The highest BCUT2D eigenvalue weighted by Crippen LogP contribution is 2.50. The number of ketones is 1. The zero-order chi connectivity index (χ0) is 25.9. The second kappa shape index (κ2) is 11.6. The standard InChI is InChI=1S/C30H36FIO4/c1-4-5-6-7-8-9-10-11-12-22-27(32)28-26(29(34)36-22)24(19-13-15-20(31)16-14-19)25-21(33)17-30(2,3)18-23(25)35-28/h13-16,24H,4-12,17-18H2,1-3H3. The number of Topliss-reactive ketones (excluding diaryl/α,β-unsaturated/α-hetero) is 1. The Balaban J connectivity index is 1.63. The van der Waals surface area contributed by atoms with Crippen LogP contribution in [0.25, 0.3) is 0 Å². The highest BCUT2D eigenvalue weighted by molar-refractivity contribution is 14.1. The summed E-state index contributed by atoms with van der Waals surface area (Å²) < 4.78 is 26.7. The predicted octanol–water partition coefficient (Wildman–Crippen LogP) is 8.23. The van der Waals surface area contributed by atoms with Crippen LogP contribution in [-0.2, 0) is 11.2 Å². The lowest BCUT2D eigenvalue weighted by molar-refractivity contribution is -0.118. The lowest BCUT2D eigenvalue weighted by Gasteiger charge is -2.38. The first-order valence-electron chi connectivity index (χ1n) is 13.3. The van der Waals surface area contributed by atoms with Gasteiger partial charge >= 0.3 is 5.63 Å². The number of rotatable bonds is 10. The minimum absolute atomic E-state index is 0.0290. The van der Waals surface area contributed by atoms with Gasteiger partial charge in [-0.2, -0.15) is 0 Å². The van der Waals surface area contributed by atoms with Gasteiger partial charge in [0.15, 0.2) is 11.5 Å². The molecule has 1 atom stereocenters. The van der Waals surface area contributed by atoms with E-state index in [0.717, 1.165) is 16.4 Å². The van der Waals surface area contributed by atoms with Crippen LogP contribution in [0.15, 0.2) is 44.8 Å². The molecule has 0 amide bonds. The monoisotopic (exact) mass is 606 g/mol. The minimum Gasteiger partial charge on any atom is -0.459 e. The van der Waals surface area contributed by atoms with Crippen molar-refractivity contribution >= 4 is 28.4 Å². The number of unbranched alkanes of at least 4 members (excludes halogenated alkanes) is 7. The Hall–Kier alpha value is -1.96. The molecule has 0 saturated carbocycles. The Morgan fingerprint density at radius 3 is 2.28 bits per heavy atom. The van der Waals surface area contributed by atoms with Gasteiger partial charge in [-0.15, -0.1) is 0 Å². The van der Waals surface area contributed by atoms with Crippen molar-refractivity contribution in [1.29, 1.82) is 0 Å². The fourth-order valence-corrected chi connectivity index (χ4v) is 6.21. The molecule has 2 aliphatic rings. The smallest absolute Gasteiger partial charge is 0.343 e. The van der Waals surface area contributed by atoms with Crippen molar-refractivity contribution in [3.63, 3.8) is 0 Å². The Labute approximate surface area is 226 Å². The number of hydrogen-bond acceptors (Lipinski definition) is 4. The number of aryl methyl sites for hydroxylation is 1. The maximum atomic E-state index is 13.7. The van der Waals surface area contributed by atoms with Crippen molar-refractivity contribution in [3.8, 4) is 5.75 Å². The van der Waals surface area contributed by atoms with E-state index in [0.29, 0.717) is 53.2 Å². The molecule has 2 heterocycles. The van der Waals surface area contributed by atoms with Gasteiger partial charge in [0.05, 0.1) is 15.1 Å². The highest BCUT2D eigenvalue weighted by atomic mass is 127. The van der Waals surface area contributed by atoms with Crippen LogP contribution in [0.4, 0.5) is 4.39 Å². The maximum absolute atomic E-state index is 13.7. The number of halogens is 2. The summed E-state index contributed by atoms with van der Waals surface area (Å²) in [5, 5.41) is 0. The molecule has 1 aliphatic carbocycles. The molecule has 1 aromatic heterocycles. The molecule has 6 heteroatoms. The van der Waals surface area contributed by atoms with E-state index >= 15 is 0 Å². The molecule has 1 unspecified atom stereocenters. The Bertz CT molecular complexity index is 1190. The first-order chi connectivity index (χ1) is 17.2. The first kappa shape index (κ1) is 27.1. The molecule has 4 rings (SSSR count). The van der Waals surface area contributed by atoms with E-state index in [1.54, 1.807) is 12.1 Å². The van der Waals surface area contributed by atoms with Crippen LogP contribution >= 0.6 is 22.6 Å². The summed E-state index contributed by atoms with van der Waals surface area (Å²) in [6.45, 7) is 6.33. The topological polar surface area (TPSA) is 56.5 Å². The summed E-state index contributed by atoms with van der Waals surface area (Å²) in [6.07, 6.45) is 11.3. The Kier molecular flexibility index (Phi) is 8.74. The molecular weight excluding hydrogens is 570 g/mol. The molecule has 194 valence electrons. The van der Waals surface area contributed by atoms with E-state index in [1.165, 1.54) is 50.7 Å². The largest absolute Gasteiger partial charge is 0.459 e. The average Bonchev–Trinajstić information content (AvgIpc) is 2.82. The second-order valence-corrected chi connectivity index (χ2v) is 12.0. The first-order valence-corrected chi connectivity index (χ1v) is 14.3. The van der Waals surface area contributed by atoms with Crippen LogP contribution < -0.4 is 10.4 Å². The van der Waals surface area contributed by atoms with Crippen LogP contribution in [0.3, 0.4) is 0 Å². The van der Waals surface area contributed by atoms with E-state index in [1.807, 2.05) is 0 Å². The number of carbonyl (C=O) groups is 1. The molecule has 0 N–H and O–H groups in total. The number of carbonyl (C=O) groups excluding carboxylic acids is 1. The molecule has 0 saturated heterocycles. The van der Waals surface area contributed by atoms with E-state index in [9.17, 15) is 14.0 Å². The van der Waals surface area contributed by atoms with Gasteiger partial charge in [0.1, 0.15) is 17.3 Å². The summed E-state index contributed by atoms with van der Waals surface area (Å²) in [4.78, 5) is 26.7. The van der Waals surface area contributed by atoms with Gasteiger partial charge in [-0.1, -0.05) is 77.8 Å². The lowest BCUT2D eigenvalue weighted by atomic mass is 9.70. The van der Waals surface area contributed by atoms with Crippen LogP contribution in [0.1, 0.15) is 108 Å². The molecule has 36 heavy (non-hydrogen) atoms. The van der Waals surface area contributed by atoms with E-state index in [-0.39, 0.29) is 17.0 Å². The lowest BCUT2D eigenvalue weighted by Crippen LogP contribution is -2.35. The number of ether oxygens (including phenoxy) is 1. The van der Waals surface area contributed by atoms with Gasteiger partial charge in [0, 0.05) is 24.8 Å². The molecule has 0 bridgehead atoms. The maximum Gasteiger partial charge on any atom is 0.343 e. The third-order valence-electron chi connectivity index (χ3n) is 7.27. The number of allylic oxidation sites excluding steroid dienone is 2. The summed E-state index contributed by atoms with van der Waals surface area (Å²) >= 11 is 2.21. The molecule has 2 aromatic rings. The predicted molar refractivity (Wildman–Crippen MR) is 148 cm³/mol. The van der Waals surface area contributed by atoms with Crippen molar-refractivity contribution in [2.24, 2.45) is 5.41 Å². The third kappa shape index (κ3) is 5.95.